The molecule has 0 bridgehead atoms. The number of hydrogen-bond donors (Lipinski definition) is 1. The predicted molar refractivity (Wildman–Crippen MR) is 110 cm³/mol. The fraction of sp³-hybridized carbons (Fsp3) is 0.273. The first-order valence-corrected chi connectivity index (χ1v) is 9.56. The molecule has 7 nitrogen and oxygen atoms in total. The number of fused-ring (bicyclic) bond motifs is 1. The van der Waals surface area contributed by atoms with Crippen LogP contribution in [0.4, 0.5) is 5.69 Å². The van der Waals surface area contributed by atoms with Gasteiger partial charge in [-0.3, -0.25) is 9.69 Å². The second kappa shape index (κ2) is 8.89. The van der Waals surface area contributed by atoms with Crippen molar-refractivity contribution < 1.29 is 18.7 Å². The highest BCUT2D eigenvalue weighted by atomic mass is 16.5. The fourth-order valence-electron chi connectivity index (χ4n) is 3.17. The topological polar surface area (TPSA) is 81.0 Å². The zero-order valence-corrected chi connectivity index (χ0v) is 15.9. The van der Waals surface area contributed by atoms with Crippen LogP contribution in [0.3, 0.4) is 0 Å². The second-order valence-corrected chi connectivity index (χ2v) is 6.77. The number of nitrogens with zero attached hydrogens (tertiary/aromatic N) is 1. The summed E-state index contributed by atoms with van der Waals surface area (Å²) < 4.78 is 16.3. The Kier molecular flexibility index (Phi) is 5.88. The monoisotopic (exact) mass is 394 g/mol. The van der Waals surface area contributed by atoms with Crippen molar-refractivity contribution in [3.8, 4) is 5.75 Å². The summed E-state index contributed by atoms with van der Waals surface area (Å²) in [5.74, 6) is 0.215. The Morgan fingerprint density at radius 3 is 2.62 bits per heavy atom. The van der Waals surface area contributed by atoms with E-state index in [-0.39, 0.29) is 5.56 Å². The molecule has 0 atom stereocenters. The highest BCUT2D eigenvalue weighted by Gasteiger charge is 2.14. The molecule has 1 aliphatic heterocycles. The molecular formula is C22H22N2O5. The lowest BCUT2D eigenvalue weighted by Gasteiger charge is -2.26. The van der Waals surface area contributed by atoms with Crippen molar-refractivity contribution in [1.29, 1.82) is 0 Å². The van der Waals surface area contributed by atoms with E-state index in [0.29, 0.717) is 23.3 Å². The summed E-state index contributed by atoms with van der Waals surface area (Å²) in [4.78, 5) is 26.9. The largest absolute Gasteiger partial charge is 0.492 e. The van der Waals surface area contributed by atoms with E-state index in [4.69, 9.17) is 13.9 Å². The molecule has 4 rings (SSSR count). The lowest BCUT2D eigenvalue weighted by Crippen LogP contribution is -2.38. The van der Waals surface area contributed by atoms with Gasteiger partial charge in [-0.1, -0.05) is 18.2 Å². The summed E-state index contributed by atoms with van der Waals surface area (Å²) >= 11 is 0. The molecule has 1 fully saturated rings. The normalized spacial score (nSPS) is 14.6. The van der Waals surface area contributed by atoms with E-state index in [9.17, 15) is 9.59 Å². The number of anilines is 1. The van der Waals surface area contributed by atoms with Gasteiger partial charge in [0.1, 0.15) is 23.5 Å². The average molecular weight is 394 g/mol. The Labute approximate surface area is 167 Å². The molecule has 3 aromatic rings. The van der Waals surface area contributed by atoms with Crippen LogP contribution in [0.25, 0.3) is 11.0 Å². The molecule has 0 saturated carbocycles. The number of carbonyl (C=O) groups is 1. The minimum atomic E-state index is -0.663. The molecular weight excluding hydrogens is 372 g/mol. The number of hydrogen-bond acceptors (Lipinski definition) is 6. The maximum absolute atomic E-state index is 12.5. The Hall–Kier alpha value is -3.16. The first-order valence-electron chi connectivity index (χ1n) is 9.56. The van der Waals surface area contributed by atoms with Crippen molar-refractivity contribution in [3.63, 3.8) is 0 Å². The number of morpholine rings is 1. The van der Waals surface area contributed by atoms with Crippen LogP contribution in [-0.4, -0.2) is 50.3 Å². The van der Waals surface area contributed by atoms with Crippen molar-refractivity contribution in [2.75, 3.05) is 44.8 Å². The van der Waals surface area contributed by atoms with Crippen molar-refractivity contribution in [2.45, 2.75) is 0 Å². The van der Waals surface area contributed by atoms with E-state index >= 15 is 0 Å². The van der Waals surface area contributed by atoms with E-state index < -0.39 is 11.5 Å². The van der Waals surface area contributed by atoms with Gasteiger partial charge in [0.15, 0.2) is 0 Å². The molecule has 1 aromatic heterocycles. The van der Waals surface area contributed by atoms with Crippen LogP contribution < -0.4 is 15.7 Å². The third-order valence-electron chi connectivity index (χ3n) is 4.78. The lowest BCUT2D eigenvalue weighted by atomic mass is 10.1. The van der Waals surface area contributed by atoms with Gasteiger partial charge >= 0.3 is 5.63 Å². The maximum Gasteiger partial charge on any atom is 0.349 e. The van der Waals surface area contributed by atoms with Gasteiger partial charge in [-0.25, -0.2) is 4.79 Å². The van der Waals surface area contributed by atoms with E-state index in [2.05, 4.69) is 10.2 Å². The van der Waals surface area contributed by atoms with E-state index in [0.717, 1.165) is 38.6 Å². The Morgan fingerprint density at radius 1 is 1.07 bits per heavy atom. The molecule has 7 heteroatoms. The fourth-order valence-corrected chi connectivity index (χ4v) is 3.17. The summed E-state index contributed by atoms with van der Waals surface area (Å²) in [6.07, 6.45) is 0. The van der Waals surface area contributed by atoms with Crippen LogP contribution in [0.5, 0.6) is 5.75 Å². The van der Waals surface area contributed by atoms with Gasteiger partial charge in [0.2, 0.25) is 0 Å². The van der Waals surface area contributed by atoms with Crippen molar-refractivity contribution in [3.05, 3.63) is 70.6 Å². The van der Waals surface area contributed by atoms with Crippen LogP contribution in [0.2, 0.25) is 0 Å². The minimum absolute atomic E-state index is 0.0328. The van der Waals surface area contributed by atoms with Crippen LogP contribution in [0, 0.1) is 0 Å². The molecule has 29 heavy (non-hydrogen) atoms. The SMILES string of the molecule is O=C(Nc1ccc(OCCN2CCOCC2)cc1)c1cc2ccccc2oc1=O. The van der Waals surface area contributed by atoms with Gasteiger partial charge in [-0.15, -0.1) is 0 Å². The number of benzene rings is 2. The molecule has 2 heterocycles. The zero-order chi connectivity index (χ0) is 20.1. The molecule has 0 spiro atoms. The summed E-state index contributed by atoms with van der Waals surface area (Å²) in [5, 5.41) is 3.42. The molecule has 1 saturated heterocycles. The van der Waals surface area contributed by atoms with E-state index in [1.807, 2.05) is 6.07 Å². The zero-order valence-electron chi connectivity index (χ0n) is 15.9. The predicted octanol–water partition coefficient (Wildman–Crippen LogP) is 2.76. The van der Waals surface area contributed by atoms with Crippen LogP contribution in [-0.2, 0) is 4.74 Å². The van der Waals surface area contributed by atoms with Gasteiger partial charge < -0.3 is 19.2 Å². The lowest BCUT2D eigenvalue weighted by molar-refractivity contribution is 0.0322. The average Bonchev–Trinajstić information content (AvgIpc) is 2.75. The summed E-state index contributed by atoms with van der Waals surface area (Å²) in [6.45, 7) is 4.82. The molecule has 1 N–H and O–H groups in total. The number of carbonyl (C=O) groups excluding carboxylic acids is 1. The van der Waals surface area contributed by atoms with Crippen LogP contribution in [0.15, 0.2) is 63.8 Å². The first kappa shape index (κ1) is 19.2. The minimum Gasteiger partial charge on any atom is -0.492 e. The van der Waals surface area contributed by atoms with Crippen LogP contribution in [0.1, 0.15) is 10.4 Å². The summed E-state index contributed by atoms with van der Waals surface area (Å²) in [7, 11) is 0. The highest BCUT2D eigenvalue weighted by molar-refractivity contribution is 6.05. The maximum atomic E-state index is 12.5. The van der Waals surface area contributed by atoms with Gasteiger partial charge in [0.25, 0.3) is 5.91 Å². The Bertz CT molecular complexity index is 1040. The number of amides is 1. The quantitative estimate of drug-likeness (QED) is 0.648. The highest BCUT2D eigenvalue weighted by Crippen LogP contribution is 2.17. The number of para-hydroxylation sites is 1. The van der Waals surface area contributed by atoms with Gasteiger partial charge in [0.05, 0.1) is 13.2 Å². The van der Waals surface area contributed by atoms with Crippen molar-refractivity contribution >= 4 is 22.6 Å². The molecule has 0 radical (unpaired) electrons. The van der Waals surface area contributed by atoms with Gasteiger partial charge in [0, 0.05) is 30.7 Å². The van der Waals surface area contributed by atoms with E-state index in [1.165, 1.54) is 0 Å². The molecule has 1 aliphatic rings. The van der Waals surface area contributed by atoms with Gasteiger partial charge in [-0.05, 0) is 36.4 Å². The van der Waals surface area contributed by atoms with Gasteiger partial charge in [-0.2, -0.15) is 0 Å². The molecule has 1 amide bonds. The number of ether oxygens (including phenoxy) is 2. The van der Waals surface area contributed by atoms with Crippen LogP contribution >= 0.6 is 0 Å². The van der Waals surface area contributed by atoms with Crippen molar-refractivity contribution in [1.82, 2.24) is 4.90 Å². The summed E-state index contributed by atoms with van der Waals surface area (Å²) in [6, 6.07) is 15.7. The third kappa shape index (κ3) is 4.82. The standard InChI is InChI=1S/C22H22N2O5/c25-21(19-15-16-3-1-2-4-20(16)29-22(19)26)23-17-5-7-18(8-6-17)28-14-11-24-9-12-27-13-10-24/h1-8,15H,9-14H2,(H,23,25). The third-order valence-corrected chi connectivity index (χ3v) is 4.78. The number of rotatable bonds is 6. The molecule has 0 aliphatic carbocycles. The number of nitrogens with one attached hydrogen (secondary N) is 1. The smallest absolute Gasteiger partial charge is 0.349 e. The molecule has 2 aromatic carbocycles. The Morgan fingerprint density at radius 2 is 1.83 bits per heavy atom. The molecule has 150 valence electrons. The van der Waals surface area contributed by atoms with Crippen molar-refractivity contribution in [2.24, 2.45) is 0 Å². The van der Waals surface area contributed by atoms with E-state index in [1.54, 1.807) is 48.5 Å². The summed E-state index contributed by atoms with van der Waals surface area (Å²) in [5.41, 5.74) is 0.328. The first-order chi connectivity index (χ1) is 14.2. The molecule has 0 unspecified atom stereocenters. The Balaban J connectivity index is 1.35. The second-order valence-electron chi connectivity index (χ2n) is 6.77.